The molecule has 1 aromatic rings. The molecule has 1 aliphatic heterocycles. The summed E-state index contributed by atoms with van der Waals surface area (Å²) in [5.74, 6) is 2.69. The maximum atomic E-state index is 5.43. The fourth-order valence-electron chi connectivity index (χ4n) is 2.05. The molecule has 0 spiro atoms. The predicted molar refractivity (Wildman–Crippen MR) is 73.1 cm³/mol. The van der Waals surface area contributed by atoms with E-state index in [2.05, 4.69) is 37.1 Å². The highest BCUT2D eigenvalue weighted by atomic mass is 16.5. The topological polar surface area (TPSA) is 47.0 Å². The van der Waals surface area contributed by atoms with E-state index in [0.29, 0.717) is 11.8 Å². The van der Waals surface area contributed by atoms with E-state index in [1.54, 1.807) is 0 Å². The summed E-state index contributed by atoms with van der Waals surface area (Å²) in [6, 6.07) is 2.07. The molecule has 1 saturated heterocycles. The SMILES string of the molecule is CCCNc1cc(C(C)C)nc(C2CCOC2)n1. The van der Waals surface area contributed by atoms with E-state index in [-0.39, 0.29) is 0 Å². The molecule has 100 valence electrons. The Morgan fingerprint density at radius 2 is 2.28 bits per heavy atom. The van der Waals surface area contributed by atoms with Crippen LogP contribution in [0.3, 0.4) is 0 Å². The first-order valence-corrected chi connectivity index (χ1v) is 6.91. The van der Waals surface area contributed by atoms with Gasteiger partial charge < -0.3 is 10.1 Å². The van der Waals surface area contributed by atoms with Crippen LogP contribution in [-0.2, 0) is 4.74 Å². The smallest absolute Gasteiger partial charge is 0.136 e. The molecule has 0 radical (unpaired) electrons. The van der Waals surface area contributed by atoms with Crippen molar-refractivity contribution in [1.82, 2.24) is 9.97 Å². The van der Waals surface area contributed by atoms with Crippen LogP contribution in [0, 0.1) is 0 Å². The highest BCUT2D eigenvalue weighted by molar-refractivity contribution is 5.37. The molecule has 0 aliphatic carbocycles. The van der Waals surface area contributed by atoms with Crippen molar-refractivity contribution in [2.45, 2.75) is 45.4 Å². The molecular formula is C14H23N3O. The van der Waals surface area contributed by atoms with Gasteiger partial charge in [0.2, 0.25) is 0 Å². The molecular weight excluding hydrogens is 226 g/mol. The number of hydrogen-bond donors (Lipinski definition) is 1. The summed E-state index contributed by atoms with van der Waals surface area (Å²) >= 11 is 0. The van der Waals surface area contributed by atoms with Crippen LogP contribution in [0.15, 0.2) is 6.07 Å². The van der Waals surface area contributed by atoms with Crippen molar-refractivity contribution in [3.8, 4) is 0 Å². The lowest BCUT2D eigenvalue weighted by atomic mass is 10.1. The third-order valence-electron chi connectivity index (χ3n) is 3.21. The number of rotatable bonds is 5. The van der Waals surface area contributed by atoms with Crippen molar-refractivity contribution in [3.63, 3.8) is 0 Å². The molecule has 18 heavy (non-hydrogen) atoms. The third-order valence-corrected chi connectivity index (χ3v) is 3.21. The zero-order valence-electron chi connectivity index (χ0n) is 11.6. The van der Waals surface area contributed by atoms with Crippen LogP contribution in [-0.4, -0.2) is 29.7 Å². The van der Waals surface area contributed by atoms with Gasteiger partial charge in [0.15, 0.2) is 0 Å². The van der Waals surface area contributed by atoms with Crippen molar-refractivity contribution in [3.05, 3.63) is 17.6 Å². The van der Waals surface area contributed by atoms with Gasteiger partial charge in [-0.1, -0.05) is 20.8 Å². The third kappa shape index (κ3) is 3.19. The number of nitrogens with zero attached hydrogens (tertiary/aromatic N) is 2. The summed E-state index contributed by atoms with van der Waals surface area (Å²) in [7, 11) is 0. The van der Waals surface area contributed by atoms with Crippen LogP contribution < -0.4 is 5.32 Å². The fourth-order valence-corrected chi connectivity index (χ4v) is 2.05. The summed E-state index contributed by atoms with van der Waals surface area (Å²) < 4.78 is 5.43. The van der Waals surface area contributed by atoms with Gasteiger partial charge in [0, 0.05) is 30.8 Å². The van der Waals surface area contributed by atoms with Crippen molar-refractivity contribution < 1.29 is 4.74 Å². The van der Waals surface area contributed by atoms with Crippen LogP contribution in [0.4, 0.5) is 5.82 Å². The Balaban J connectivity index is 2.23. The normalized spacial score (nSPS) is 19.4. The highest BCUT2D eigenvalue weighted by Crippen LogP contribution is 2.25. The largest absolute Gasteiger partial charge is 0.381 e. The van der Waals surface area contributed by atoms with E-state index in [9.17, 15) is 0 Å². The monoisotopic (exact) mass is 249 g/mol. The van der Waals surface area contributed by atoms with Crippen LogP contribution >= 0.6 is 0 Å². The van der Waals surface area contributed by atoms with E-state index in [1.807, 2.05) is 0 Å². The average molecular weight is 249 g/mol. The molecule has 0 aromatic carbocycles. The fraction of sp³-hybridized carbons (Fsp3) is 0.714. The second-order valence-corrected chi connectivity index (χ2v) is 5.18. The number of nitrogens with one attached hydrogen (secondary N) is 1. The van der Waals surface area contributed by atoms with Gasteiger partial charge in [-0.2, -0.15) is 0 Å². The van der Waals surface area contributed by atoms with E-state index < -0.39 is 0 Å². The molecule has 1 N–H and O–H groups in total. The minimum atomic E-state index is 0.367. The van der Waals surface area contributed by atoms with Gasteiger partial charge in [0.05, 0.1) is 6.61 Å². The molecule has 4 nitrogen and oxygen atoms in total. The first kappa shape index (κ1) is 13.3. The van der Waals surface area contributed by atoms with E-state index >= 15 is 0 Å². The lowest BCUT2D eigenvalue weighted by Crippen LogP contribution is -2.11. The van der Waals surface area contributed by atoms with Gasteiger partial charge in [-0.3, -0.25) is 0 Å². The molecule has 1 unspecified atom stereocenters. The van der Waals surface area contributed by atoms with Gasteiger partial charge in [-0.15, -0.1) is 0 Å². The Morgan fingerprint density at radius 1 is 1.44 bits per heavy atom. The number of hydrogen-bond acceptors (Lipinski definition) is 4. The van der Waals surface area contributed by atoms with Crippen molar-refractivity contribution in [2.24, 2.45) is 0 Å². The first-order valence-electron chi connectivity index (χ1n) is 6.91. The van der Waals surface area contributed by atoms with Crippen LogP contribution in [0.5, 0.6) is 0 Å². The summed E-state index contributed by atoms with van der Waals surface area (Å²) in [5, 5.41) is 3.36. The van der Waals surface area contributed by atoms with Gasteiger partial charge in [-0.25, -0.2) is 9.97 Å². The Labute approximate surface area is 109 Å². The second-order valence-electron chi connectivity index (χ2n) is 5.18. The quantitative estimate of drug-likeness (QED) is 0.871. The van der Waals surface area contributed by atoms with Gasteiger partial charge in [-0.05, 0) is 18.8 Å². The maximum Gasteiger partial charge on any atom is 0.136 e. The lowest BCUT2D eigenvalue weighted by Gasteiger charge is -2.14. The highest BCUT2D eigenvalue weighted by Gasteiger charge is 2.22. The standard InChI is InChI=1S/C14H23N3O/c1-4-6-15-13-8-12(10(2)3)16-14(17-13)11-5-7-18-9-11/h8,10-11H,4-7,9H2,1-3H3,(H,15,16,17). The molecule has 1 aliphatic rings. The van der Waals surface area contributed by atoms with Gasteiger partial charge in [0.1, 0.15) is 11.6 Å². The van der Waals surface area contributed by atoms with Gasteiger partial charge >= 0.3 is 0 Å². The number of aromatic nitrogens is 2. The van der Waals surface area contributed by atoms with Crippen LogP contribution in [0.2, 0.25) is 0 Å². The Kier molecular flexibility index (Phi) is 4.53. The Morgan fingerprint density at radius 3 is 2.89 bits per heavy atom. The molecule has 1 fully saturated rings. The van der Waals surface area contributed by atoms with Crippen molar-refractivity contribution >= 4 is 5.82 Å². The Hall–Kier alpha value is -1.16. The molecule has 0 amide bonds. The molecule has 1 atom stereocenters. The summed E-state index contributed by atoms with van der Waals surface area (Å²) in [6.07, 6.45) is 2.14. The van der Waals surface area contributed by atoms with Crippen molar-refractivity contribution in [2.75, 3.05) is 25.1 Å². The second kappa shape index (κ2) is 6.14. The van der Waals surface area contributed by atoms with Crippen LogP contribution in [0.25, 0.3) is 0 Å². The van der Waals surface area contributed by atoms with Crippen molar-refractivity contribution in [1.29, 1.82) is 0 Å². The zero-order valence-corrected chi connectivity index (χ0v) is 11.6. The van der Waals surface area contributed by atoms with Crippen LogP contribution in [0.1, 0.15) is 57.0 Å². The van der Waals surface area contributed by atoms with E-state index in [4.69, 9.17) is 9.72 Å². The molecule has 4 heteroatoms. The summed E-state index contributed by atoms with van der Waals surface area (Å²) in [4.78, 5) is 9.32. The average Bonchev–Trinajstić information content (AvgIpc) is 2.89. The number of anilines is 1. The van der Waals surface area contributed by atoms with Gasteiger partial charge in [0.25, 0.3) is 0 Å². The minimum absolute atomic E-state index is 0.367. The Bertz CT molecular complexity index is 387. The van der Waals surface area contributed by atoms with E-state index in [1.165, 1.54) is 0 Å². The molecule has 0 bridgehead atoms. The maximum absolute atomic E-state index is 5.43. The molecule has 2 rings (SSSR count). The molecule has 2 heterocycles. The molecule has 1 aromatic heterocycles. The summed E-state index contributed by atoms with van der Waals surface area (Å²) in [6.45, 7) is 9.03. The minimum Gasteiger partial charge on any atom is -0.381 e. The first-order chi connectivity index (χ1) is 8.70. The zero-order chi connectivity index (χ0) is 13.0. The number of ether oxygens (including phenoxy) is 1. The predicted octanol–water partition coefficient (Wildman–Crippen LogP) is 2.93. The molecule has 0 saturated carbocycles. The summed E-state index contributed by atoms with van der Waals surface area (Å²) in [5.41, 5.74) is 1.12. The van der Waals surface area contributed by atoms with E-state index in [0.717, 1.165) is 49.9 Å². The lowest BCUT2D eigenvalue weighted by molar-refractivity contribution is 0.193.